The normalized spacial score (nSPS) is 9.90. The first-order chi connectivity index (χ1) is 14.0. The molecule has 6 heteroatoms. The monoisotopic (exact) mass is 386 g/mol. The molecule has 0 aliphatic rings. The van der Waals surface area contributed by atoms with Gasteiger partial charge in [-0.3, -0.25) is 0 Å². The van der Waals surface area contributed by atoms with Crippen molar-refractivity contribution in [1.29, 1.82) is 0 Å². The Bertz CT molecular complexity index is 1160. The van der Waals surface area contributed by atoms with Crippen LogP contribution in [-0.4, -0.2) is 12.2 Å². The van der Waals surface area contributed by atoms with E-state index >= 15 is 0 Å². The summed E-state index contributed by atoms with van der Waals surface area (Å²) < 4.78 is 11.9. The highest BCUT2D eigenvalue weighted by Crippen LogP contribution is 2.34. The molecule has 0 heterocycles. The van der Waals surface area contributed by atoms with Crippen LogP contribution in [0.5, 0.6) is 23.0 Å². The molecule has 0 atom stereocenters. The number of carbonyl (C=O) groups excluding carboxylic acids is 2. The van der Waals surface area contributed by atoms with Crippen LogP contribution in [0.3, 0.4) is 0 Å². The van der Waals surface area contributed by atoms with Crippen LogP contribution in [0.1, 0.15) is 16.7 Å². The lowest BCUT2D eigenvalue weighted by Crippen LogP contribution is -1.91. The molecule has 6 nitrogen and oxygen atoms in total. The topological polar surface area (TPSA) is 77.3 Å². The second kappa shape index (κ2) is 8.81. The van der Waals surface area contributed by atoms with Crippen LogP contribution in [0.2, 0.25) is 0 Å². The molecule has 29 heavy (non-hydrogen) atoms. The van der Waals surface area contributed by atoms with Crippen LogP contribution in [0.25, 0.3) is 0 Å². The second-order valence-electron chi connectivity index (χ2n) is 6.55. The van der Waals surface area contributed by atoms with E-state index < -0.39 is 0 Å². The Morgan fingerprint density at radius 3 is 1.76 bits per heavy atom. The van der Waals surface area contributed by atoms with Crippen LogP contribution in [-0.2, 0) is 9.59 Å². The summed E-state index contributed by atoms with van der Waals surface area (Å²) >= 11 is 0. The quantitative estimate of drug-likeness (QED) is 0.377. The summed E-state index contributed by atoms with van der Waals surface area (Å²) in [5.74, 6) is 2.27. The third-order valence-electron chi connectivity index (χ3n) is 4.04. The summed E-state index contributed by atoms with van der Waals surface area (Å²) in [6.45, 7) is 5.70. The zero-order valence-electron chi connectivity index (χ0n) is 16.2. The summed E-state index contributed by atoms with van der Waals surface area (Å²) in [5.41, 5.74) is 3.67. The van der Waals surface area contributed by atoms with Crippen molar-refractivity contribution in [3.8, 4) is 23.0 Å². The van der Waals surface area contributed by atoms with Crippen molar-refractivity contribution in [2.45, 2.75) is 20.8 Å². The Kier molecular flexibility index (Phi) is 6.00. The summed E-state index contributed by atoms with van der Waals surface area (Å²) in [6, 6.07) is 16.0. The van der Waals surface area contributed by atoms with Gasteiger partial charge in [-0.25, -0.2) is 9.59 Å². The third kappa shape index (κ3) is 5.27. The first-order valence-electron chi connectivity index (χ1n) is 8.82. The standard InChI is InChI=1S/C23H18N2O4/c1-15-6-18(24-13-26)10-21(8-15)28-20-5-4-17(3)23(12-20)29-22-9-16(2)7-19(11-22)25-14-27/h4-12H,1-3H3. The molecule has 0 bridgehead atoms. The van der Waals surface area contributed by atoms with Crippen molar-refractivity contribution in [2.24, 2.45) is 9.98 Å². The third-order valence-corrected chi connectivity index (χ3v) is 4.04. The number of benzene rings is 3. The minimum absolute atomic E-state index is 0.474. The maximum Gasteiger partial charge on any atom is 0.240 e. The van der Waals surface area contributed by atoms with E-state index in [0.717, 1.165) is 16.7 Å². The predicted octanol–water partition coefficient (Wildman–Crippen LogP) is 6.13. The van der Waals surface area contributed by atoms with Crippen molar-refractivity contribution in [2.75, 3.05) is 0 Å². The number of aliphatic imine (C=N–C) groups is 2. The molecule has 0 aliphatic heterocycles. The number of hydrogen-bond acceptors (Lipinski definition) is 6. The van der Waals surface area contributed by atoms with Gasteiger partial charge in [-0.2, -0.15) is 9.98 Å². The number of isocyanates is 2. The largest absolute Gasteiger partial charge is 0.457 e. The maximum absolute atomic E-state index is 10.5. The molecule has 0 unspecified atom stereocenters. The van der Waals surface area contributed by atoms with E-state index in [0.29, 0.717) is 34.4 Å². The Morgan fingerprint density at radius 2 is 1.21 bits per heavy atom. The van der Waals surface area contributed by atoms with E-state index in [1.807, 2.05) is 45.0 Å². The van der Waals surface area contributed by atoms with Crippen LogP contribution >= 0.6 is 0 Å². The fraction of sp³-hybridized carbons (Fsp3) is 0.130. The molecule has 0 aromatic heterocycles. The van der Waals surface area contributed by atoms with Gasteiger partial charge in [0.05, 0.1) is 11.4 Å². The molecule has 0 amide bonds. The summed E-state index contributed by atoms with van der Waals surface area (Å²) in [5, 5.41) is 0. The summed E-state index contributed by atoms with van der Waals surface area (Å²) in [6.07, 6.45) is 3.07. The molecular formula is C23H18N2O4. The van der Waals surface area contributed by atoms with Gasteiger partial charge in [-0.1, -0.05) is 6.07 Å². The Labute approximate surface area is 168 Å². The Balaban J connectivity index is 1.89. The van der Waals surface area contributed by atoms with Gasteiger partial charge in [-0.15, -0.1) is 0 Å². The van der Waals surface area contributed by atoms with Gasteiger partial charge in [0.2, 0.25) is 12.2 Å². The molecule has 0 N–H and O–H groups in total. The highest BCUT2D eigenvalue weighted by atomic mass is 16.5. The molecule has 144 valence electrons. The Morgan fingerprint density at radius 1 is 0.655 bits per heavy atom. The highest BCUT2D eigenvalue weighted by Gasteiger charge is 2.08. The average molecular weight is 386 g/mol. The van der Waals surface area contributed by atoms with Crippen LogP contribution in [0.4, 0.5) is 11.4 Å². The first kappa shape index (κ1) is 19.8. The molecule has 0 saturated heterocycles. The zero-order chi connectivity index (χ0) is 20.8. The van der Waals surface area contributed by atoms with Crippen molar-refractivity contribution >= 4 is 23.5 Å². The lowest BCUT2D eigenvalue weighted by Gasteiger charge is -2.13. The zero-order valence-corrected chi connectivity index (χ0v) is 16.2. The van der Waals surface area contributed by atoms with Gasteiger partial charge >= 0.3 is 0 Å². The number of nitrogens with zero attached hydrogens (tertiary/aromatic N) is 2. The average Bonchev–Trinajstić information content (AvgIpc) is 2.64. The van der Waals surface area contributed by atoms with Gasteiger partial charge in [0, 0.05) is 18.2 Å². The second-order valence-corrected chi connectivity index (χ2v) is 6.55. The van der Waals surface area contributed by atoms with Crippen LogP contribution < -0.4 is 9.47 Å². The van der Waals surface area contributed by atoms with E-state index in [-0.39, 0.29) is 0 Å². The van der Waals surface area contributed by atoms with Gasteiger partial charge in [0.1, 0.15) is 23.0 Å². The molecule has 3 rings (SSSR count). The molecule has 3 aromatic carbocycles. The Hall–Kier alpha value is -3.98. The van der Waals surface area contributed by atoms with E-state index in [4.69, 9.17) is 9.47 Å². The van der Waals surface area contributed by atoms with Crippen LogP contribution in [0.15, 0.2) is 64.6 Å². The minimum atomic E-state index is 0.474. The molecule has 0 radical (unpaired) electrons. The number of ether oxygens (including phenoxy) is 2. The van der Waals surface area contributed by atoms with Gasteiger partial charge in [-0.05, 0) is 67.8 Å². The molecule has 0 aliphatic carbocycles. The summed E-state index contributed by atoms with van der Waals surface area (Å²) in [7, 11) is 0. The smallest absolute Gasteiger partial charge is 0.240 e. The lowest BCUT2D eigenvalue weighted by atomic mass is 10.2. The molecular weight excluding hydrogens is 368 g/mol. The molecule has 3 aromatic rings. The fourth-order valence-corrected chi connectivity index (χ4v) is 2.83. The van der Waals surface area contributed by atoms with Gasteiger partial charge in [0.25, 0.3) is 0 Å². The van der Waals surface area contributed by atoms with E-state index in [1.54, 1.807) is 30.3 Å². The first-order valence-corrected chi connectivity index (χ1v) is 8.82. The molecule has 0 spiro atoms. The van der Waals surface area contributed by atoms with Gasteiger partial charge < -0.3 is 9.47 Å². The van der Waals surface area contributed by atoms with Crippen LogP contribution in [0, 0.1) is 20.8 Å². The van der Waals surface area contributed by atoms with E-state index in [1.165, 1.54) is 12.2 Å². The van der Waals surface area contributed by atoms with Crippen molar-refractivity contribution in [3.63, 3.8) is 0 Å². The van der Waals surface area contributed by atoms with Crippen molar-refractivity contribution < 1.29 is 19.1 Å². The van der Waals surface area contributed by atoms with E-state index in [2.05, 4.69) is 9.98 Å². The summed E-state index contributed by atoms with van der Waals surface area (Å²) in [4.78, 5) is 28.4. The van der Waals surface area contributed by atoms with Gasteiger partial charge in [0.15, 0.2) is 0 Å². The number of hydrogen-bond donors (Lipinski definition) is 0. The number of rotatable bonds is 6. The van der Waals surface area contributed by atoms with Crippen molar-refractivity contribution in [3.05, 3.63) is 71.3 Å². The maximum atomic E-state index is 10.5. The lowest BCUT2D eigenvalue weighted by molar-refractivity contribution is 0.458. The van der Waals surface area contributed by atoms with E-state index in [9.17, 15) is 9.59 Å². The minimum Gasteiger partial charge on any atom is -0.457 e. The SMILES string of the molecule is Cc1cc(N=C=O)cc(Oc2ccc(C)c(Oc3cc(C)cc(N=C=O)c3)c2)c1. The fourth-order valence-electron chi connectivity index (χ4n) is 2.83. The van der Waals surface area contributed by atoms with Crippen molar-refractivity contribution in [1.82, 2.24) is 0 Å². The highest BCUT2D eigenvalue weighted by molar-refractivity contribution is 5.56. The predicted molar refractivity (Wildman–Crippen MR) is 109 cm³/mol. The number of aryl methyl sites for hydroxylation is 3. The molecule has 0 saturated carbocycles. The molecule has 0 fully saturated rings.